The molecule has 0 atom stereocenters. The number of aliphatic imine (C=N–C) groups is 1. The van der Waals surface area contributed by atoms with Crippen LogP contribution in [0.25, 0.3) is 0 Å². The smallest absolute Gasteiger partial charge is 0.188 e. The Kier molecular flexibility index (Phi) is 7.81. The van der Waals surface area contributed by atoms with Gasteiger partial charge in [0.25, 0.3) is 0 Å². The lowest BCUT2D eigenvalue weighted by atomic mass is 10.2. The summed E-state index contributed by atoms with van der Waals surface area (Å²) in [6.07, 6.45) is 0. The van der Waals surface area contributed by atoms with E-state index >= 15 is 0 Å². The summed E-state index contributed by atoms with van der Waals surface area (Å²) >= 11 is 0. The van der Waals surface area contributed by atoms with Gasteiger partial charge in [0, 0.05) is 12.1 Å². The molecular formula is C12H18F2IN3. The van der Waals surface area contributed by atoms with Crippen LogP contribution in [0.15, 0.2) is 23.2 Å². The normalized spacial score (nSPS) is 11.3. The van der Waals surface area contributed by atoms with Gasteiger partial charge in [-0.15, -0.1) is 24.0 Å². The zero-order valence-electron chi connectivity index (χ0n) is 10.4. The number of rotatable bonds is 4. The van der Waals surface area contributed by atoms with Crippen LogP contribution in [0.4, 0.5) is 8.78 Å². The van der Waals surface area contributed by atoms with Gasteiger partial charge in [-0.25, -0.2) is 13.8 Å². The van der Waals surface area contributed by atoms with Crippen molar-refractivity contribution in [2.75, 3.05) is 6.54 Å². The van der Waals surface area contributed by atoms with Gasteiger partial charge in [0.15, 0.2) is 5.96 Å². The molecule has 0 spiro atoms. The first-order valence-electron chi connectivity index (χ1n) is 5.46. The third-order valence-electron chi connectivity index (χ3n) is 2.12. The van der Waals surface area contributed by atoms with E-state index in [1.54, 1.807) is 0 Å². The van der Waals surface area contributed by atoms with Gasteiger partial charge < -0.3 is 11.1 Å². The maximum atomic E-state index is 13.2. The van der Waals surface area contributed by atoms with Gasteiger partial charge in [-0.3, -0.25) is 0 Å². The third kappa shape index (κ3) is 6.13. The molecule has 1 rings (SSSR count). The van der Waals surface area contributed by atoms with Crippen LogP contribution >= 0.6 is 24.0 Å². The fourth-order valence-corrected chi connectivity index (χ4v) is 1.20. The predicted molar refractivity (Wildman–Crippen MR) is 79.9 cm³/mol. The highest BCUT2D eigenvalue weighted by atomic mass is 127. The molecular weight excluding hydrogens is 351 g/mol. The molecule has 0 aliphatic carbocycles. The second-order valence-electron chi connectivity index (χ2n) is 4.21. The Morgan fingerprint density at radius 1 is 1.39 bits per heavy atom. The van der Waals surface area contributed by atoms with Gasteiger partial charge in [-0.2, -0.15) is 0 Å². The molecule has 0 fully saturated rings. The van der Waals surface area contributed by atoms with E-state index in [0.29, 0.717) is 12.5 Å². The van der Waals surface area contributed by atoms with Crippen LogP contribution in [-0.2, 0) is 6.54 Å². The molecule has 0 unspecified atom stereocenters. The van der Waals surface area contributed by atoms with Crippen LogP contribution in [0.5, 0.6) is 0 Å². The van der Waals surface area contributed by atoms with Crippen LogP contribution in [0.3, 0.4) is 0 Å². The van der Waals surface area contributed by atoms with E-state index in [1.807, 2.05) is 13.8 Å². The van der Waals surface area contributed by atoms with Gasteiger partial charge in [0.05, 0.1) is 6.54 Å². The van der Waals surface area contributed by atoms with Crippen molar-refractivity contribution in [3.05, 3.63) is 35.4 Å². The lowest BCUT2D eigenvalue weighted by Gasteiger charge is -2.08. The highest BCUT2D eigenvalue weighted by molar-refractivity contribution is 14.0. The Labute approximate surface area is 123 Å². The fourth-order valence-electron chi connectivity index (χ4n) is 1.20. The molecule has 3 nitrogen and oxygen atoms in total. The number of benzene rings is 1. The van der Waals surface area contributed by atoms with Crippen molar-refractivity contribution in [1.82, 2.24) is 5.32 Å². The minimum atomic E-state index is -0.481. The Morgan fingerprint density at radius 3 is 2.67 bits per heavy atom. The summed E-state index contributed by atoms with van der Waals surface area (Å²) in [7, 11) is 0. The Balaban J connectivity index is 0.00000289. The largest absolute Gasteiger partial charge is 0.370 e. The summed E-state index contributed by atoms with van der Waals surface area (Å²) in [4.78, 5) is 3.94. The zero-order valence-corrected chi connectivity index (χ0v) is 12.7. The number of hydrogen-bond donors (Lipinski definition) is 2. The number of nitrogens with one attached hydrogen (secondary N) is 1. The second kappa shape index (κ2) is 8.23. The van der Waals surface area contributed by atoms with Crippen LogP contribution < -0.4 is 11.1 Å². The average Bonchev–Trinajstić information content (AvgIpc) is 2.27. The molecule has 0 aliphatic rings. The lowest BCUT2D eigenvalue weighted by Crippen LogP contribution is -2.34. The first-order valence-corrected chi connectivity index (χ1v) is 5.46. The van der Waals surface area contributed by atoms with Gasteiger partial charge in [0.2, 0.25) is 0 Å². The average molecular weight is 369 g/mol. The van der Waals surface area contributed by atoms with Crippen molar-refractivity contribution in [2.45, 2.75) is 20.4 Å². The molecule has 102 valence electrons. The summed E-state index contributed by atoms with van der Waals surface area (Å²) in [5.41, 5.74) is 5.77. The Bertz CT molecular complexity index is 408. The van der Waals surface area contributed by atoms with Crippen LogP contribution in [0, 0.1) is 17.6 Å². The van der Waals surface area contributed by atoms with Crippen molar-refractivity contribution < 1.29 is 8.78 Å². The van der Waals surface area contributed by atoms with E-state index in [4.69, 9.17) is 5.73 Å². The molecule has 0 saturated carbocycles. The van der Waals surface area contributed by atoms with Crippen molar-refractivity contribution in [3.63, 3.8) is 0 Å². The molecule has 0 bridgehead atoms. The van der Waals surface area contributed by atoms with Gasteiger partial charge in [-0.05, 0) is 24.1 Å². The quantitative estimate of drug-likeness (QED) is 0.487. The van der Waals surface area contributed by atoms with E-state index in [0.717, 1.165) is 18.2 Å². The molecule has 3 N–H and O–H groups in total. The summed E-state index contributed by atoms with van der Waals surface area (Å²) in [6.45, 7) is 4.79. The highest BCUT2D eigenvalue weighted by Crippen LogP contribution is 2.10. The zero-order chi connectivity index (χ0) is 12.8. The number of guanidine groups is 1. The maximum Gasteiger partial charge on any atom is 0.188 e. The van der Waals surface area contributed by atoms with Crippen molar-refractivity contribution in [2.24, 2.45) is 16.6 Å². The van der Waals surface area contributed by atoms with E-state index in [-0.39, 0.29) is 42.0 Å². The van der Waals surface area contributed by atoms with Crippen LogP contribution in [0.2, 0.25) is 0 Å². The molecule has 0 aliphatic heterocycles. The molecule has 1 aromatic carbocycles. The monoisotopic (exact) mass is 369 g/mol. The predicted octanol–water partition coefficient (Wildman–Crippen LogP) is 2.64. The van der Waals surface area contributed by atoms with Gasteiger partial charge in [0.1, 0.15) is 11.6 Å². The molecule has 0 aromatic heterocycles. The second-order valence-corrected chi connectivity index (χ2v) is 4.21. The van der Waals surface area contributed by atoms with Crippen molar-refractivity contribution in [3.8, 4) is 0 Å². The van der Waals surface area contributed by atoms with E-state index in [1.165, 1.54) is 0 Å². The summed E-state index contributed by atoms with van der Waals surface area (Å²) in [5, 5.41) is 2.90. The lowest BCUT2D eigenvalue weighted by molar-refractivity contribution is 0.585. The van der Waals surface area contributed by atoms with Crippen molar-refractivity contribution in [1.29, 1.82) is 0 Å². The first-order chi connectivity index (χ1) is 7.99. The number of hydrogen-bond acceptors (Lipinski definition) is 1. The minimum absolute atomic E-state index is 0. The number of halogens is 3. The standard InChI is InChI=1S/C12H17F2N3.HI/c1-8(2)6-16-12(15)17-7-9-5-10(13)3-4-11(9)14;/h3-5,8H,6-7H2,1-2H3,(H3,15,16,17);1H. The van der Waals surface area contributed by atoms with E-state index in [2.05, 4.69) is 10.3 Å². The topological polar surface area (TPSA) is 50.4 Å². The molecule has 0 heterocycles. The Morgan fingerprint density at radius 2 is 2.06 bits per heavy atom. The van der Waals surface area contributed by atoms with Gasteiger partial charge >= 0.3 is 0 Å². The van der Waals surface area contributed by atoms with E-state index in [9.17, 15) is 8.78 Å². The summed E-state index contributed by atoms with van der Waals surface area (Å²) < 4.78 is 26.1. The fraction of sp³-hybridized carbons (Fsp3) is 0.417. The maximum absolute atomic E-state index is 13.2. The molecule has 0 saturated heterocycles. The molecule has 1 aromatic rings. The van der Waals surface area contributed by atoms with Crippen molar-refractivity contribution >= 4 is 29.9 Å². The van der Waals surface area contributed by atoms with Crippen LogP contribution in [0.1, 0.15) is 19.4 Å². The molecule has 18 heavy (non-hydrogen) atoms. The number of nitrogens with zero attached hydrogens (tertiary/aromatic N) is 1. The summed E-state index contributed by atoms with van der Waals surface area (Å²) in [6, 6.07) is 3.27. The highest BCUT2D eigenvalue weighted by Gasteiger charge is 2.03. The molecule has 0 amide bonds. The summed E-state index contributed by atoms with van der Waals surface area (Å²) in [5.74, 6) is -0.283. The molecule has 6 heteroatoms. The van der Waals surface area contributed by atoms with E-state index < -0.39 is 11.6 Å². The van der Waals surface area contributed by atoms with Gasteiger partial charge in [-0.1, -0.05) is 13.8 Å². The Hall–Kier alpha value is -0.920. The first kappa shape index (κ1) is 17.1. The van der Waals surface area contributed by atoms with Crippen LogP contribution in [-0.4, -0.2) is 12.5 Å². The number of nitrogens with two attached hydrogens (primary N) is 1. The third-order valence-corrected chi connectivity index (χ3v) is 2.12. The minimum Gasteiger partial charge on any atom is -0.370 e. The molecule has 0 radical (unpaired) electrons. The SMILES string of the molecule is CC(C)CNC(N)=NCc1cc(F)ccc1F.I.